The first-order chi connectivity index (χ1) is 8.44. The van der Waals surface area contributed by atoms with Gasteiger partial charge in [0.15, 0.2) is 0 Å². The molecule has 0 unspecified atom stereocenters. The lowest BCUT2D eigenvalue weighted by atomic mass is 10.1. The molecule has 0 N–H and O–H groups in total. The summed E-state index contributed by atoms with van der Waals surface area (Å²) in [5, 5.41) is 0. The van der Waals surface area contributed by atoms with Crippen LogP contribution in [0.1, 0.15) is 0 Å². The molecule has 2 aromatic rings. The van der Waals surface area contributed by atoms with Crippen LogP contribution in [0, 0.1) is 11.9 Å². The second-order valence-electron chi connectivity index (χ2n) is 3.50. The molecule has 0 aromatic heterocycles. The van der Waals surface area contributed by atoms with Gasteiger partial charge in [0, 0.05) is 6.07 Å². The second-order valence-corrected chi connectivity index (χ2v) is 3.50. The Kier molecular flexibility index (Phi) is 3.23. The van der Waals surface area contributed by atoms with E-state index >= 15 is 0 Å². The van der Waals surface area contributed by atoms with Gasteiger partial charge in [0.2, 0.25) is 0 Å². The quantitative estimate of drug-likeness (QED) is 0.731. The maximum absolute atomic E-state index is 12.7. The lowest BCUT2D eigenvalue weighted by Crippen LogP contribution is -2.16. The molecule has 0 fully saturated rings. The average Bonchev–Trinajstić information content (AvgIpc) is 2.29. The summed E-state index contributed by atoms with van der Waals surface area (Å²) in [6, 6.07) is 11.9. The zero-order chi connectivity index (χ0) is 13.2. The van der Waals surface area contributed by atoms with Gasteiger partial charge in [-0.3, -0.25) is 0 Å². The molecule has 1 nitrogen and oxygen atoms in total. The molecule has 0 aliphatic rings. The van der Waals surface area contributed by atoms with Gasteiger partial charge < -0.3 is 4.74 Å². The van der Waals surface area contributed by atoms with Crippen molar-refractivity contribution in [3.8, 4) is 16.9 Å². The summed E-state index contributed by atoms with van der Waals surface area (Å²) in [7, 11) is 0. The molecule has 0 bridgehead atoms. The van der Waals surface area contributed by atoms with E-state index in [4.69, 9.17) is 0 Å². The highest BCUT2D eigenvalue weighted by molar-refractivity contribution is 5.63. The van der Waals surface area contributed by atoms with Gasteiger partial charge in [-0.05, 0) is 35.4 Å². The van der Waals surface area contributed by atoms with Crippen molar-refractivity contribution in [2.75, 3.05) is 0 Å². The molecule has 1 radical (unpaired) electrons. The fraction of sp³-hybridized carbons (Fsp3) is 0.0769. The Morgan fingerprint density at radius 3 is 2.00 bits per heavy atom. The minimum absolute atomic E-state index is 0.294. The first-order valence-electron chi connectivity index (χ1n) is 4.97. The van der Waals surface area contributed by atoms with Crippen molar-refractivity contribution >= 4 is 0 Å². The molecule has 5 heteroatoms. The number of alkyl halides is 3. The van der Waals surface area contributed by atoms with Gasteiger partial charge in [-0.25, -0.2) is 4.39 Å². The van der Waals surface area contributed by atoms with Crippen LogP contribution in [0.25, 0.3) is 11.1 Å². The molecule has 0 atom stereocenters. The second kappa shape index (κ2) is 4.68. The average molecular weight is 255 g/mol. The molecule has 2 rings (SSSR count). The summed E-state index contributed by atoms with van der Waals surface area (Å²) < 4.78 is 52.2. The van der Waals surface area contributed by atoms with Crippen LogP contribution in [0.5, 0.6) is 5.75 Å². The normalized spacial score (nSPS) is 11.3. The molecule has 0 spiro atoms. The van der Waals surface area contributed by atoms with Crippen molar-refractivity contribution in [3.05, 3.63) is 54.3 Å². The zero-order valence-electron chi connectivity index (χ0n) is 8.96. The molecule has 18 heavy (non-hydrogen) atoms. The third kappa shape index (κ3) is 3.23. The molecule has 0 aliphatic carbocycles. The van der Waals surface area contributed by atoms with Crippen molar-refractivity contribution in [2.24, 2.45) is 0 Å². The predicted molar refractivity (Wildman–Crippen MR) is 57.4 cm³/mol. The molecule has 0 saturated heterocycles. The third-order valence-corrected chi connectivity index (χ3v) is 2.20. The van der Waals surface area contributed by atoms with Crippen LogP contribution in [0.3, 0.4) is 0 Å². The number of halogens is 4. The summed E-state index contributed by atoms with van der Waals surface area (Å²) in [5.41, 5.74) is 1.32. The molecular formula is C13H7F4O. The van der Waals surface area contributed by atoms with E-state index in [0.29, 0.717) is 11.1 Å². The van der Waals surface area contributed by atoms with Gasteiger partial charge in [0.1, 0.15) is 11.6 Å². The number of hydrogen-bond acceptors (Lipinski definition) is 1. The first-order valence-corrected chi connectivity index (χ1v) is 4.97. The van der Waals surface area contributed by atoms with Gasteiger partial charge in [-0.15, -0.1) is 13.2 Å². The molecule has 93 valence electrons. The predicted octanol–water partition coefficient (Wildman–Crippen LogP) is 4.19. The monoisotopic (exact) mass is 255 g/mol. The standard InChI is InChI=1S/C13H7F4O/c14-11-5-1-9(2-6-11)10-3-7-12(8-4-10)18-13(15,16)17/h1-5,7-8H. The van der Waals surface area contributed by atoms with Crippen LogP contribution in [0.15, 0.2) is 42.5 Å². The zero-order valence-corrected chi connectivity index (χ0v) is 8.96. The Morgan fingerprint density at radius 1 is 0.889 bits per heavy atom. The van der Waals surface area contributed by atoms with Crippen molar-refractivity contribution in [2.45, 2.75) is 6.36 Å². The number of rotatable bonds is 2. The summed E-state index contributed by atoms with van der Waals surface area (Å²) in [4.78, 5) is 0. The van der Waals surface area contributed by atoms with Crippen molar-refractivity contribution in [1.82, 2.24) is 0 Å². The lowest BCUT2D eigenvalue weighted by molar-refractivity contribution is -0.274. The highest BCUT2D eigenvalue weighted by atomic mass is 19.4. The first kappa shape index (κ1) is 12.4. The fourth-order valence-corrected chi connectivity index (χ4v) is 1.43. The van der Waals surface area contributed by atoms with Crippen LogP contribution >= 0.6 is 0 Å². The van der Waals surface area contributed by atoms with E-state index in [2.05, 4.69) is 10.8 Å². The van der Waals surface area contributed by atoms with E-state index in [9.17, 15) is 17.6 Å². The molecule has 0 heterocycles. The van der Waals surface area contributed by atoms with E-state index in [-0.39, 0.29) is 5.75 Å². The minimum Gasteiger partial charge on any atom is -0.406 e. The van der Waals surface area contributed by atoms with E-state index in [1.54, 1.807) is 0 Å². The Balaban J connectivity index is 2.20. The van der Waals surface area contributed by atoms with Gasteiger partial charge in [0.05, 0.1) is 0 Å². The van der Waals surface area contributed by atoms with E-state index < -0.39 is 12.2 Å². The largest absolute Gasteiger partial charge is 0.573 e. The summed E-state index contributed by atoms with van der Waals surface area (Å²) >= 11 is 0. The highest BCUT2D eigenvalue weighted by Crippen LogP contribution is 2.26. The smallest absolute Gasteiger partial charge is 0.406 e. The summed E-state index contributed by atoms with van der Waals surface area (Å²) in [5.74, 6) is -0.784. The lowest BCUT2D eigenvalue weighted by Gasteiger charge is -2.09. The maximum atomic E-state index is 12.7. The van der Waals surface area contributed by atoms with Gasteiger partial charge in [-0.2, -0.15) is 0 Å². The third-order valence-electron chi connectivity index (χ3n) is 2.20. The Morgan fingerprint density at radius 2 is 1.50 bits per heavy atom. The molecule has 0 saturated carbocycles. The SMILES string of the molecule is Fc1[c]cc(-c2ccc(OC(F)(F)F)cc2)cc1. The van der Waals surface area contributed by atoms with Crippen molar-refractivity contribution in [3.63, 3.8) is 0 Å². The summed E-state index contributed by atoms with van der Waals surface area (Å²) in [6.45, 7) is 0. The van der Waals surface area contributed by atoms with Crippen molar-refractivity contribution < 1.29 is 22.3 Å². The number of hydrogen-bond donors (Lipinski definition) is 0. The van der Waals surface area contributed by atoms with E-state index in [0.717, 1.165) is 0 Å². The molecule has 0 amide bonds. The molecular weight excluding hydrogens is 248 g/mol. The Bertz CT molecular complexity index is 514. The van der Waals surface area contributed by atoms with Crippen molar-refractivity contribution in [1.29, 1.82) is 0 Å². The number of benzene rings is 2. The van der Waals surface area contributed by atoms with Crippen LogP contribution in [-0.2, 0) is 0 Å². The summed E-state index contributed by atoms with van der Waals surface area (Å²) in [6.07, 6.45) is -4.70. The van der Waals surface area contributed by atoms with Gasteiger partial charge in [0.25, 0.3) is 0 Å². The molecule has 2 aromatic carbocycles. The minimum atomic E-state index is -4.70. The van der Waals surface area contributed by atoms with Gasteiger partial charge in [-0.1, -0.05) is 18.2 Å². The Hall–Kier alpha value is -2.04. The fourth-order valence-electron chi connectivity index (χ4n) is 1.43. The maximum Gasteiger partial charge on any atom is 0.573 e. The number of ether oxygens (including phenoxy) is 1. The Labute approximate surface area is 101 Å². The van der Waals surface area contributed by atoms with Crippen LogP contribution in [-0.4, -0.2) is 6.36 Å². The highest BCUT2D eigenvalue weighted by Gasteiger charge is 2.30. The topological polar surface area (TPSA) is 9.23 Å². The van der Waals surface area contributed by atoms with Crippen LogP contribution in [0.2, 0.25) is 0 Å². The van der Waals surface area contributed by atoms with Gasteiger partial charge >= 0.3 is 6.36 Å². The van der Waals surface area contributed by atoms with E-state index in [1.807, 2.05) is 0 Å². The molecule has 0 aliphatic heterocycles. The van der Waals surface area contributed by atoms with Crippen LogP contribution < -0.4 is 4.74 Å². The van der Waals surface area contributed by atoms with E-state index in [1.165, 1.54) is 42.5 Å². The van der Waals surface area contributed by atoms with Crippen LogP contribution in [0.4, 0.5) is 17.6 Å².